The van der Waals surface area contributed by atoms with Crippen LogP contribution in [-0.4, -0.2) is 18.5 Å². The molecule has 0 saturated carbocycles. The molecule has 0 radical (unpaired) electrons. The third-order valence-corrected chi connectivity index (χ3v) is 2.30. The average Bonchev–Trinajstić information content (AvgIpc) is 2.59. The minimum atomic E-state index is -0.594. The second kappa shape index (κ2) is 4.22. The Morgan fingerprint density at radius 3 is 2.44 bits per heavy atom. The molecule has 0 spiro atoms. The Bertz CT molecular complexity index is 414. The highest BCUT2D eigenvalue weighted by Crippen LogP contribution is 2.19. The molecule has 1 aromatic carbocycles. The van der Waals surface area contributed by atoms with Crippen molar-refractivity contribution in [3.63, 3.8) is 0 Å². The third kappa shape index (κ3) is 1.98. The largest absolute Gasteiger partial charge is 0.494 e. The topological polar surface area (TPSA) is 67.4 Å². The standard InChI is InChI=1S/C11H12N2O3/c1-2-16-8-5-3-7(4-6-8)9-10(14)13-11(15)12-9/h3-6,9H,2H2,1H3,(H2,12,13,14,15)/t9-/m0/s1. The van der Waals surface area contributed by atoms with Crippen molar-refractivity contribution in [2.75, 3.05) is 6.61 Å². The van der Waals surface area contributed by atoms with Crippen LogP contribution in [0, 0.1) is 0 Å². The summed E-state index contributed by atoms with van der Waals surface area (Å²) in [6, 6.07) is 6.03. The number of imide groups is 1. The number of hydrogen-bond donors (Lipinski definition) is 2. The SMILES string of the molecule is CCOc1ccc([C@@H]2NC(=O)NC2=O)cc1. The normalized spacial score (nSPS) is 19.2. The molecule has 1 aliphatic rings. The maximum absolute atomic E-state index is 11.4. The first-order valence-electron chi connectivity index (χ1n) is 5.05. The van der Waals surface area contributed by atoms with Crippen LogP contribution in [0.4, 0.5) is 4.79 Å². The summed E-state index contributed by atoms with van der Waals surface area (Å²) in [6.45, 7) is 2.50. The van der Waals surface area contributed by atoms with Crippen LogP contribution in [0.3, 0.4) is 0 Å². The molecular formula is C11H12N2O3. The van der Waals surface area contributed by atoms with E-state index in [2.05, 4.69) is 10.6 Å². The van der Waals surface area contributed by atoms with Crippen molar-refractivity contribution in [2.45, 2.75) is 13.0 Å². The Labute approximate surface area is 92.8 Å². The average molecular weight is 220 g/mol. The number of carbonyl (C=O) groups is 2. The Morgan fingerprint density at radius 1 is 1.25 bits per heavy atom. The highest BCUT2D eigenvalue weighted by atomic mass is 16.5. The summed E-state index contributed by atoms with van der Waals surface area (Å²) in [5, 5.41) is 4.72. The van der Waals surface area contributed by atoms with Crippen LogP contribution in [0.5, 0.6) is 5.75 Å². The lowest BCUT2D eigenvalue weighted by molar-refractivity contribution is -0.120. The van der Waals surface area contributed by atoms with Gasteiger partial charge in [-0.05, 0) is 24.6 Å². The number of urea groups is 1. The van der Waals surface area contributed by atoms with E-state index in [0.29, 0.717) is 6.61 Å². The van der Waals surface area contributed by atoms with Gasteiger partial charge >= 0.3 is 6.03 Å². The second-order valence-corrected chi connectivity index (χ2v) is 3.40. The van der Waals surface area contributed by atoms with Crippen molar-refractivity contribution in [3.8, 4) is 5.75 Å². The van der Waals surface area contributed by atoms with Crippen molar-refractivity contribution in [1.82, 2.24) is 10.6 Å². The zero-order chi connectivity index (χ0) is 11.5. The highest BCUT2D eigenvalue weighted by Gasteiger charge is 2.30. The molecule has 1 saturated heterocycles. The van der Waals surface area contributed by atoms with Crippen LogP contribution < -0.4 is 15.4 Å². The van der Waals surface area contributed by atoms with E-state index in [9.17, 15) is 9.59 Å². The number of benzene rings is 1. The number of nitrogens with one attached hydrogen (secondary N) is 2. The number of amides is 3. The van der Waals surface area contributed by atoms with Gasteiger partial charge in [-0.15, -0.1) is 0 Å². The maximum Gasteiger partial charge on any atom is 0.322 e. The first-order valence-corrected chi connectivity index (χ1v) is 5.05. The molecule has 1 aromatic rings. The van der Waals surface area contributed by atoms with E-state index >= 15 is 0 Å². The van der Waals surface area contributed by atoms with E-state index in [1.54, 1.807) is 24.3 Å². The van der Waals surface area contributed by atoms with E-state index in [-0.39, 0.29) is 5.91 Å². The molecule has 84 valence electrons. The quantitative estimate of drug-likeness (QED) is 0.746. The van der Waals surface area contributed by atoms with Gasteiger partial charge in [-0.1, -0.05) is 12.1 Å². The molecule has 0 unspecified atom stereocenters. The van der Waals surface area contributed by atoms with Crippen LogP contribution in [-0.2, 0) is 4.79 Å². The number of ether oxygens (including phenoxy) is 1. The molecule has 0 aromatic heterocycles. The summed E-state index contributed by atoms with van der Waals surface area (Å²) < 4.78 is 5.28. The third-order valence-electron chi connectivity index (χ3n) is 2.30. The van der Waals surface area contributed by atoms with Crippen LogP contribution >= 0.6 is 0 Å². The highest BCUT2D eigenvalue weighted by molar-refractivity contribution is 6.04. The van der Waals surface area contributed by atoms with Gasteiger partial charge in [0.1, 0.15) is 11.8 Å². The number of rotatable bonds is 3. The van der Waals surface area contributed by atoms with Crippen molar-refractivity contribution < 1.29 is 14.3 Å². The van der Waals surface area contributed by atoms with E-state index in [0.717, 1.165) is 11.3 Å². The fraction of sp³-hybridized carbons (Fsp3) is 0.273. The van der Waals surface area contributed by atoms with Crippen molar-refractivity contribution >= 4 is 11.9 Å². The smallest absolute Gasteiger partial charge is 0.322 e. The second-order valence-electron chi connectivity index (χ2n) is 3.40. The lowest BCUT2D eigenvalue weighted by atomic mass is 10.1. The summed E-state index contributed by atoms with van der Waals surface area (Å²) in [7, 11) is 0. The van der Waals surface area contributed by atoms with Gasteiger partial charge in [0.2, 0.25) is 0 Å². The first kappa shape index (κ1) is 10.5. The fourth-order valence-electron chi connectivity index (χ4n) is 1.57. The summed E-state index contributed by atoms with van der Waals surface area (Å²) in [5.41, 5.74) is 0.742. The molecule has 0 aliphatic carbocycles. The van der Waals surface area contributed by atoms with E-state index in [1.165, 1.54) is 0 Å². The predicted octanol–water partition coefficient (Wildman–Crippen LogP) is 0.966. The zero-order valence-electron chi connectivity index (χ0n) is 8.82. The Kier molecular flexibility index (Phi) is 2.76. The van der Waals surface area contributed by atoms with Crippen LogP contribution in [0.1, 0.15) is 18.5 Å². The molecule has 16 heavy (non-hydrogen) atoms. The van der Waals surface area contributed by atoms with Gasteiger partial charge in [0, 0.05) is 0 Å². The molecule has 5 nitrogen and oxygen atoms in total. The summed E-state index contributed by atoms with van der Waals surface area (Å²) in [6.07, 6.45) is 0. The van der Waals surface area contributed by atoms with E-state index in [1.807, 2.05) is 6.92 Å². The summed E-state index contributed by atoms with van der Waals surface area (Å²) in [5.74, 6) is 0.421. The monoisotopic (exact) mass is 220 g/mol. The molecule has 1 fully saturated rings. The first-order chi connectivity index (χ1) is 7.70. The minimum Gasteiger partial charge on any atom is -0.494 e. The molecule has 0 bridgehead atoms. The fourth-order valence-corrected chi connectivity index (χ4v) is 1.57. The molecule has 5 heteroatoms. The minimum absolute atomic E-state index is 0.325. The van der Waals surface area contributed by atoms with E-state index in [4.69, 9.17) is 4.74 Å². The summed E-state index contributed by atoms with van der Waals surface area (Å²) >= 11 is 0. The van der Waals surface area contributed by atoms with Gasteiger partial charge < -0.3 is 10.1 Å². The maximum atomic E-state index is 11.4. The van der Waals surface area contributed by atoms with Crippen LogP contribution in [0.2, 0.25) is 0 Å². The zero-order valence-corrected chi connectivity index (χ0v) is 8.82. The molecule has 3 amide bonds. The number of carbonyl (C=O) groups excluding carboxylic acids is 2. The lowest BCUT2D eigenvalue weighted by Crippen LogP contribution is -2.22. The molecule has 1 heterocycles. The Balaban J connectivity index is 2.15. The van der Waals surface area contributed by atoms with E-state index < -0.39 is 12.1 Å². The van der Waals surface area contributed by atoms with Gasteiger partial charge in [0.15, 0.2) is 0 Å². The van der Waals surface area contributed by atoms with Crippen LogP contribution in [0.25, 0.3) is 0 Å². The van der Waals surface area contributed by atoms with Crippen LogP contribution in [0.15, 0.2) is 24.3 Å². The molecule has 2 rings (SSSR count). The predicted molar refractivity (Wildman–Crippen MR) is 57.0 cm³/mol. The molecule has 2 N–H and O–H groups in total. The Morgan fingerprint density at radius 2 is 1.94 bits per heavy atom. The molecule has 1 aliphatic heterocycles. The molecular weight excluding hydrogens is 208 g/mol. The van der Waals surface area contributed by atoms with Gasteiger partial charge in [0.25, 0.3) is 5.91 Å². The van der Waals surface area contributed by atoms with Gasteiger partial charge in [-0.25, -0.2) is 4.79 Å². The molecule has 1 atom stereocenters. The Hall–Kier alpha value is -2.04. The number of hydrogen-bond acceptors (Lipinski definition) is 3. The van der Waals surface area contributed by atoms with Gasteiger partial charge in [0.05, 0.1) is 6.61 Å². The summed E-state index contributed by atoms with van der Waals surface area (Å²) in [4.78, 5) is 22.3. The lowest BCUT2D eigenvalue weighted by Gasteiger charge is -2.08. The van der Waals surface area contributed by atoms with Crippen molar-refractivity contribution in [1.29, 1.82) is 0 Å². The van der Waals surface area contributed by atoms with Crippen molar-refractivity contribution in [2.24, 2.45) is 0 Å². The van der Waals surface area contributed by atoms with Gasteiger partial charge in [-0.3, -0.25) is 10.1 Å². The van der Waals surface area contributed by atoms with Crippen molar-refractivity contribution in [3.05, 3.63) is 29.8 Å². The van der Waals surface area contributed by atoms with Gasteiger partial charge in [-0.2, -0.15) is 0 Å².